The van der Waals surface area contributed by atoms with Crippen LogP contribution in [-0.4, -0.2) is 18.5 Å². The minimum Gasteiger partial charge on any atom is -0.354 e. The van der Waals surface area contributed by atoms with Gasteiger partial charge in [0.25, 0.3) is 0 Å². The number of nitrogens with two attached hydrogens (primary N) is 1. The summed E-state index contributed by atoms with van der Waals surface area (Å²) in [6, 6.07) is -0.326. The molecule has 0 unspecified atom stereocenters. The maximum atomic E-state index is 11.9. The van der Waals surface area contributed by atoms with Gasteiger partial charge in [0.1, 0.15) is 0 Å². The van der Waals surface area contributed by atoms with Crippen molar-refractivity contribution in [2.45, 2.75) is 71.8 Å². The predicted molar refractivity (Wildman–Crippen MR) is 76.2 cm³/mol. The third kappa shape index (κ3) is 4.60. The summed E-state index contributed by atoms with van der Waals surface area (Å²) >= 11 is 0. The van der Waals surface area contributed by atoms with Crippen LogP contribution < -0.4 is 11.1 Å². The van der Waals surface area contributed by atoms with E-state index in [2.05, 4.69) is 26.1 Å². The number of hydrogen-bond donors (Lipinski definition) is 2. The number of carbonyl (C=O) groups excluding carboxylic acids is 1. The zero-order valence-electron chi connectivity index (χ0n) is 12.3. The van der Waals surface area contributed by atoms with Crippen molar-refractivity contribution < 1.29 is 4.79 Å². The highest BCUT2D eigenvalue weighted by atomic mass is 16.2. The van der Waals surface area contributed by atoms with E-state index in [-0.39, 0.29) is 11.9 Å². The molecule has 1 amide bonds. The molecule has 1 aliphatic carbocycles. The standard InChI is InChI=1S/C15H30N2O/c1-4-7-13(16)14(18)17-11-15(10-12(2)3)8-5-6-9-15/h12-13H,4-11,16H2,1-3H3,(H,17,18)/t13-/m0/s1. The van der Waals surface area contributed by atoms with E-state index in [1.165, 1.54) is 32.1 Å². The minimum absolute atomic E-state index is 0.0341. The molecule has 0 aliphatic heterocycles. The third-order valence-corrected chi connectivity index (χ3v) is 4.08. The van der Waals surface area contributed by atoms with Gasteiger partial charge in [-0.25, -0.2) is 0 Å². The van der Waals surface area contributed by atoms with Crippen LogP contribution in [0.2, 0.25) is 0 Å². The SMILES string of the molecule is CCC[C@H](N)C(=O)NCC1(CC(C)C)CCCC1. The molecule has 1 atom stereocenters. The first kappa shape index (κ1) is 15.5. The maximum Gasteiger partial charge on any atom is 0.236 e. The monoisotopic (exact) mass is 254 g/mol. The van der Waals surface area contributed by atoms with Gasteiger partial charge in [0.2, 0.25) is 5.91 Å². The summed E-state index contributed by atoms with van der Waals surface area (Å²) in [5, 5.41) is 3.09. The Labute approximate surface area is 112 Å². The molecule has 1 fully saturated rings. The summed E-state index contributed by atoms with van der Waals surface area (Å²) in [4.78, 5) is 11.9. The van der Waals surface area contributed by atoms with Gasteiger partial charge in [-0.1, -0.05) is 40.0 Å². The smallest absolute Gasteiger partial charge is 0.236 e. The molecular formula is C15H30N2O. The van der Waals surface area contributed by atoms with Gasteiger partial charge in [-0.05, 0) is 37.0 Å². The highest BCUT2D eigenvalue weighted by Crippen LogP contribution is 2.42. The van der Waals surface area contributed by atoms with Gasteiger partial charge >= 0.3 is 0 Å². The summed E-state index contributed by atoms with van der Waals surface area (Å²) in [7, 11) is 0. The van der Waals surface area contributed by atoms with E-state index in [1.807, 2.05) is 0 Å². The van der Waals surface area contributed by atoms with Gasteiger partial charge in [0, 0.05) is 6.54 Å². The van der Waals surface area contributed by atoms with E-state index >= 15 is 0 Å². The topological polar surface area (TPSA) is 55.1 Å². The normalized spacial score (nSPS) is 20.1. The molecule has 1 aliphatic rings. The molecule has 106 valence electrons. The second-order valence-electron chi connectivity index (χ2n) is 6.42. The van der Waals surface area contributed by atoms with Gasteiger partial charge in [-0.2, -0.15) is 0 Å². The molecule has 3 nitrogen and oxygen atoms in total. The number of amides is 1. The Hall–Kier alpha value is -0.570. The lowest BCUT2D eigenvalue weighted by atomic mass is 9.78. The molecule has 0 heterocycles. The summed E-state index contributed by atoms with van der Waals surface area (Å²) in [5.41, 5.74) is 6.19. The van der Waals surface area contributed by atoms with Gasteiger partial charge < -0.3 is 11.1 Å². The fourth-order valence-corrected chi connectivity index (χ4v) is 3.29. The second kappa shape index (κ2) is 7.13. The maximum absolute atomic E-state index is 11.9. The van der Waals surface area contributed by atoms with Crippen LogP contribution >= 0.6 is 0 Å². The predicted octanol–water partition coefficient (Wildman–Crippen LogP) is 2.84. The molecule has 0 aromatic rings. The first-order valence-electron chi connectivity index (χ1n) is 7.52. The highest BCUT2D eigenvalue weighted by molar-refractivity contribution is 5.81. The average Bonchev–Trinajstić information content (AvgIpc) is 2.74. The van der Waals surface area contributed by atoms with Crippen LogP contribution in [-0.2, 0) is 4.79 Å². The Morgan fingerprint density at radius 1 is 1.33 bits per heavy atom. The lowest BCUT2D eigenvalue weighted by Gasteiger charge is -2.31. The molecule has 0 aromatic carbocycles. The molecule has 3 N–H and O–H groups in total. The summed E-state index contributed by atoms with van der Waals surface area (Å²) in [6.07, 6.45) is 8.10. The molecule has 0 aromatic heterocycles. The van der Waals surface area contributed by atoms with Crippen molar-refractivity contribution in [3.63, 3.8) is 0 Å². The van der Waals surface area contributed by atoms with Crippen molar-refractivity contribution in [2.75, 3.05) is 6.54 Å². The van der Waals surface area contributed by atoms with Crippen LogP contribution in [0.4, 0.5) is 0 Å². The molecule has 3 heteroatoms. The van der Waals surface area contributed by atoms with Gasteiger partial charge in [0.05, 0.1) is 6.04 Å². The van der Waals surface area contributed by atoms with E-state index in [4.69, 9.17) is 5.73 Å². The molecule has 1 saturated carbocycles. The third-order valence-electron chi connectivity index (χ3n) is 4.08. The van der Waals surface area contributed by atoms with E-state index in [0.29, 0.717) is 11.3 Å². The molecule has 0 bridgehead atoms. The molecular weight excluding hydrogens is 224 g/mol. The largest absolute Gasteiger partial charge is 0.354 e. The fraction of sp³-hybridized carbons (Fsp3) is 0.933. The van der Waals surface area contributed by atoms with Crippen LogP contribution in [0.25, 0.3) is 0 Å². The summed E-state index contributed by atoms with van der Waals surface area (Å²) in [6.45, 7) is 7.42. The first-order chi connectivity index (χ1) is 8.49. The number of nitrogens with one attached hydrogen (secondary N) is 1. The summed E-state index contributed by atoms with van der Waals surface area (Å²) < 4.78 is 0. The van der Waals surface area contributed by atoms with Crippen molar-refractivity contribution in [1.82, 2.24) is 5.32 Å². The van der Waals surface area contributed by atoms with E-state index < -0.39 is 0 Å². The van der Waals surface area contributed by atoms with Crippen molar-refractivity contribution in [1.29, 1.82) is 0 Å². The molecule has 0 radical (unpaired) electrons. The van der Waals surface area contributed by atoms with E-state index in [1.54, 1.807) is 0 Å². The Bertz CT molecular complexity index is 257. The Morgan fingerprint density at radius 2 is 1.94 bits per heavy atom. The Balaban J connectivity index is 2.45. The van der Waals surface area contributed by atoms with Crippen LogP contribution in [0.1, 0.15) is 65.7 Å². The van der Waals surface area contributed by atoms with Crippen LogP contribution in [0.3, 0.4) is 0 Å². The van der Waals surface area contributed by atoms with Crippen molar-refractivity contribution >= 4 is 5.91 Å². The zero-order chi connectivity index (χ0) is 13.6. The quantitative estimate of drug-likeness (QED) is 0.734. The fourth-order valence-electron chi connectivity index (χ4n) is 3.29. The highest BCUT2D eigenvalue weighted by Gasteiger charge is 2.34. The Morgan fingerprint density at radius 3 is 2.44 bits per heavy atom. The zero-order valence-corrected chi connectivity index (χ0v) is 12.3. The van der Waals surface area contributed by atoms with E-state index in [9.17, 15) is 4.79 Å². The Kier molecular flexibility index (Phi) is 6.13. The number of hydrogen-bond acceptors (Lipinski definition) is 2. The second-order valence-corrected chi connectivity index (χ2v) is 6.42. The molecule has 0 saturated heterocycles. The lowest BCUT2D eigenvalue weighted by Crippen LogP contribution is -2.45. The molecule has 1 rings (SSSR count). The van der Waals surface area contributed by atoms with Crippen LogP contribution in [0.15, 0.2) is 0 Å². The molecule has 0 spiro atoms. The van der Waals surface area contributed by atoms with Gasteiger partial charge in [-0.15, -0.1) is 0 Å². The van der Waals surface area contributed by atoms with Crippen LogP contribution in [0, 0.1) is 11.3 Å². The number of rotatable bonds is 7. The molecule has 18 heavy (non-hydrogen) atoms. The van der Waals surface area contributed by atoms with Gasteiger partial charge in [-0.3, -0.25) is 4.79 Å². The van der Waals surface area contributed by atoms with Crippen molar-refractivity contribution in [3.8, 4) is 0 Å². The van der Waals surface area contributed by atoms with E-state index in [0.717, 1.165) is 19.4 Å². The van der Waals surface area contributed by atoms with Crippen molar-refractivity contribution in [3.05, 3.63) is 0 Å². The number of carbonyl (C=O) groups is 1. The first-order valence-corrected chi connectivity index (χ1v) is 7.52. The van der Waals surface area contributed by atoms with Crippen molar-refractivity contribution in [2.24, 2.45) is 17.1 Å². The summed E-state index contributed by atoms with van der Waals surface area (Å²) in [5.74, 6) is 0.733. The van der Waals surface area contributed by atoms with Crippen LogP contribution in [0.5, 0.6) is 0 Å². The minimum atomic E-state index is -0.326. The van der Waals surface area contributed by atoms with Gasteiger partial charge in [0.15, 0.2) is 0 Å². The average molecular weight is 254 g/mol. The lowest BCUT2D eigenvalue weighted by molar-refractivity contribution is -0.123.